The lowest BCUT2D eigenvalue weighted by Crippen LogP contribution is -2.08. The molecule has 5 nitrogen and oxygen atoms in total. The molecule has 0 saturated carbocycles. The third-order valence-electron chi connectivity index (χ3n) is 5.61. The highest BCUT2D eigenvalue weighted by Gasteiger charge is 2.31. The Morgan fingerprint density at radius 3 is 2.68 bits per heavy atom. The Morgan fingerprint density at radius 1 is 1.15 bits per heavy atom. The Hall–Kier alpha value is -3.17. The van der Waals surface area contributed by atoms with Crippen molar-refractivity contribution in [2.45, 2.75) is 31.9 Å². The van der Waals surface area contributed by atoms with Gasteiger partial charge in [-0.2, -0.15) is 13.2 Å². The van der Waals surface area contributed by atoms with Crippen LogP contribution in [0.15, 0.2) is 53.7 Å². The summed E-state index contributed by atoms with van der Waals surface area (Å²) in [6.07, 6.45) is 0.899. The second-order valence-electron chi connectivity index (χ2n) is 7.84. The number of nitrogens with zero attached hydrogens (tertiary/aromatic N) is 3. The lowest BCUT2D eigenvalue weighted by Gasteiger charge is -2.11. The first kappa shape index (κ1) is 22.6. The van der Waals surface area contributed by atoms with Gasteiger partial charge in [-0.3, -0.25) is 4.40 Å². The molecule has 0 N–H and O–H groups in total. The van der Waals surface area contributed by atoms with Crippen molar-refractivity contribution < 1.29 is 22.8 Å². The van der Waals surface area contributed by atoms with Crippen LogP contribution in [0.25, 0.3) is 16.2 Å². The number of aromatic nitrogens is 2. The van der Waals surface area contributed by atoms with Crippen molar-refractivity contribution in [3.05, 3.63) is 80.9 Å². The molecule has 0 bridgehead atoms. The molecular formula is C24H17ClF3N3O2S. The van der Waals surface area contributed by atoms with Gasteiger partial charge < -0.3 is 4.84 Å². The summed E-state index contributed by atoms with van der Waals surface area (Å²) in [5.74, 6) is -0.983. The average molecular weight is 504 g/mol. The minimum atomic E-state index is -4.56. The molecule has 0 aliphatic heterocycles. The molecule has 0 amide bonds. The van der Waals surface area contributed by atoms with E-state index < -0.39 is 17.7 Å². The lowest BCUT2D eigenvalue weighted by molar-refractivity contribution is -0.137. The maximum atomic E-state index is 13.0. The van der Waals surface area contributed by atoms with Crippen LogP contribution in [0.4, 0.5) is 13.2 Å². The first-order chi connectivity index (χ1) is 16.3. The highest BCUT2D eigenvalue weighted by Crippen LogP contribution is 2.35. The molecule has 2 heterocycles. The normalized spacial score (nSPS) is 14.0. The van der Waals surface area contributed by atoms with Gasteiger partial charge in [0.05, 0.1) is 28.7 Å². The Labute approximate surface area is 201 Å². The van der Waals surface area contributed by atoms with Gasteiger partial charge in [0.15, 0.2) is 4.96 Å². The Bertz CT molecular complexity index is 1410. The number of carbonyl (C=O) groups is 1. The number of imidazole rings is 1. The molecule has 2 aromatic heterocycles. The van der Waals surface area contributed by atoms with Crippen LogP contribution < -0.4 is 0 Å². The topological polar surface area (TPSA) is 56.0 Å². The number of benzene rings is 2. The predicted octanol–water partition coefficient (Wildman–Crippen LogP) is 6.80. The summed E-state index contributed by atoms with van der Waals surface area (Å²) < 4.78 is 40.9. The number of halogens is 4. The largest absolute Gasteiger partial charge is 0.416 e. The van der Waals surface area contributed by atoms with Crippen molar-refractivity contribution in [2.75, 3.05) is 0 Å². The lowest BCUT2D eigenvalue weighted by atomic mass is 10.0. The quantitative estimate of drug-likeness (QED) is 0.175. The van der Waals surface area contributed by atoms with Gasteiger partial charge in [-0.1, -0.05) is 35.0 Å². The first-order valence-corrected chi connectivity index (χ1v) is 11.7. The van der Waals surface area contributed by atoms with Crippen LogP contribution in [0.2, 0.25) is 5.02 Å². The van der Waals surface area contributed by atoms with E-state index in [9.17, 15) is 18.0 Å². The highest BCUT2D eigenvalue weighted by molar-refractivity contribution is 7.17. The van der Waals surface area contributed by atoms with E-state index in [2.05, 4.69) is 5.16 Å². The third-order valence-corrected chi connectivity index (χ3v) is 7.00. The van der Waals surface area contributed by atoms with Crippen molar-refractivity contribution in [3.63, 3.8) is 0 Å². The zero-order valence-electron chi connectivity index (χ0n) is 17.6. The molecule has 0 unspecified atom stereocenters. The molecule has 0 atom stereocenters. The smallest absolute Gasteiger partial charge is 0.313 e. The number of hydrogen-bond acceptors (Lipinski definition) is 5. The van der Waals surface area contributed by atoms with Gasteiger partial charge in [0.2, 0.25) is 0 Å². The van der Waals surface area contributed by atoms with Gasteiger partial charge in [0.25, 0.3) is 0 Å². The number of thiazole rings is 1. The molecule has 174 valence electrons. The monoisotopic (exact) mass is 503 g/mol. The first-order valence-electron chi connectivity index (χ1n) is 10.5. The fourth-order valence-corrected chi connectivity index (χ4v) is 5.34. The number of oxime groups is 1. The number of aryl methyl sites for hydroxylation is 2. The van der Waals surface area contributed by atoms with Crippen molar-refractivity contribution in [1.82, 2.24) is 9.38 Å². The fraction of sp³-hybridized carbons (Fsp3) is 0.208. The summed E-state index contributed by atoms with van der Waals surface area (Å²) in [5.41, 5.74) is 2.08. The van der Waals surface area contributed by atoms with Crippen LogP contribution in [-0.2, 0) is 23.9 Å². The summed E-state index contributed by atoms with van der Waals surface area (Å²) in [6.45, 7) is 0. The number of carbonyl (C=O) groups excluding carboxylic acids is 1. The van der Waals surface area contributed by atoms with Crippen LogP contribution in [0, 0.1) is 0 Å². The van der Waals surface area contributed by atoms with Crippen LogP contribution in [0.5, 0.6) is 0 Å². The average Bonchev–Trinajstić information content (AvgIpc) is 3.35. The third kappa shape index (κ3) is 4.33. The van der Waals surface area contributed by atoms with Gasteiger partial charge in [0, 0.05) is 21.2 Å². The summed E-state index contributed by atoms with van der Waals surface area (Å²) in [6, 6.07) is 11.2. The summed E-state index contributed by atoms with van der Waals surface area (Å²) in [7, 11) is 0. The fourth-order valence-electron chi connectivity index (χ4n) is 4.00. The molecule has 0 spiro atoms. The molecule has 34 heavy (non-hydrogen) atoms. The molecule has 0 fully saturated rings. The molecule has 2 aromatic carbocycles. The second kappa shape index (κ2) is 8.88. The van der Waals surface area contributed by atoms with E-state index in [0.717, 1.165) is 60.1 Å². The van der Waals surface area contributed by atoms with Gasteiger partial charge >= 0.3 is 12.1 Å². The Morgan fingerprint density at radius 2 is 1.91 bits per heavy atom. The number of hydrogen-bond donors (Lipinski definition) is 0. The number of alkyl halides is 3. The summed E-state index contributed by atoms with van der Waals surface area (Å²) in [5, 5.41) is 4.42. The van der Waals surface area contributed by atoms with E-state index in [1.165, 1.54) is 17.2 Å². The van der Waals surface area contributed by atoms with Crippen LogP contribution in [0.1, 0.15) is 45.0 Å². The molecule has 10 heteroatoms. The van der Waals surface area contributed by atoms with E-state index in [4.69, 9.17) is 21.4 Å². The zero-order chi connectivity index (χ0) is 23.9. The Kier molecular flexibility index (Phi) is 5.91. The molecule has 1 aliphatic carbocycles. The van der Waals surface area contributed by atoms with Crippen LogP contribution in [0.3, 0.4) is 0 Å². The van der Waals surface area contributed by atoms with Crippen LogP contribution >= 0.6 is 22.9 Å². The zero-order valence-corrected chi connectivity index (χ0v) is 19.2. The van der Waals surface area contributed by atoms with E-state index in [1.807, 2.05) is 16.5 Å². The van der Waals surface area contributed by atoms with Crippen LogP contribution in [-0.4, -0.2) is 21.6 Å². The van der Waals surface area contributed by atoms with Gasteiger partial charge in [0.1, 0.15) is 0 Å². The van der Waals surface area contributed by atoms with Crippen molar-refractivity contribution in [2.24, 2.45) is 5.16 Å². The predicted molar refractivity (Wildman–Crippen MR) is 125 cm³/mol. The second-order valence-corrected chi connectivity index (χ2v) is 9.34. The van der Waals surface area contributed by atoms with Crippen molar-refractivity contribution in [3.8, 4) is 11.3 Å². The van der Waals surface area contributed by atoms with Gasteiger partial charge in [-0.15, -0.1) is 11.3 Å². The maximum Gasteiger partial charge on any atom is 0.416 e. The molecule has 0 saturated heterocycles. The molecular weight excluding hydrogens is 487 g/mol. The molecule has 5 rings (SSSR count). The molecule has 0 radical (unpaired) electrons. The minimum Gasteiger partial charge on any atom is -0.313 e. The molecule has 1 aliphatic rings. The van der Waals surface area contributed by atoms with Gasteiger partial charge in [-0.05, 0) is 56.0 Å². The summed E-state index contributed by atoms with van der Waals surface area (Å²) >= 11 is 7.65. The standard InChI is InChI=1S/C24H17ClF3N3O2S/c25-17-10-8-14(9-11-17)21-19(31-18-6-1-2-7-20(18)34-23(31)30-21)13-29-33-22(32)15-4-3-5-16(12-15)24(26,27)28/h3-5,8-13H,1-2,6-7H2. The van der Waals surface area contributed by atoms with E-state index in [0.29, 0.717) is 16.4 Å². The summed E-state index contributed by atoms with van der Waals surface area (Å²) in [4.78, 5) is 24.2. The van der Waals surface area contributed by atoms with Crippen molar-refractivity contribution in [1.29, 1.82) is 0 Å². The highest BCUT2D eigenvalue weighted by atomic mass is 35.5. The van der Waals surface area contributed by atoms with E-state index in [1.54, 1.807) is 23.5 Å². The van der Waals surface area contributed by atoms with Crippen molar-refractivity contribution >= 4 is 40.1 Å². The van der Waals surface area contributed by atoms with Gasteiger partial charge in [-0.25, -0.2) is 9.78 Å². The number of fused-ring (bicyclic) bond motifs is 3. The van der Waals surface area contributed by atoms with E-state index in [-0.39, 0.29) is 5.56 Å². The minimum absolute atomic E-state index is 0.240. The maximum absolute atomic E-state index is 13.0. The Balaban J connectivity index is 1.50. The molecule has 4 aromatic rings. The van der Waals surface area contributed by atoms with E-state index >= 15 is 0 Å². The number of rotatable bonds is 4. The SMILES string of the molecule is O=C(ON=Cc1c(-c2ccc(Cl)cc2)nc2sc3c(n12)CCCC3)c1cccc(C(F)(F)F)c1.